The molecule has 0 aromatic carbocycles. The third-order valence-electron chi connectivity index (χ3n) is 12.1. The fourth-order valence-corrected chi connectivity index (χ4v) is 9.92. The molecule has 0 aliphatic carbocycles. The van der Waals surface area contributed by atoms with Gasteiger partial charge in [-0.05, 0) is 74.4 Å². The van der Waals surface area contributed by atoms with Crippen LogP contribution in [-0.2, 0) is 19.1 Å². The average Bonchev–Trinajstić information content (AvgIpc) is 3.27. The number of rotatable bonds is 52. The van der Waals surface area contributed by atoms with Gasteiger partial charge in [0.2, 0.25) is 0 Å². The van der Waals surface area contributed by atoms with E-state index in [2.05, 4.69) is 39.5 Å². The van der Waals surface area contributed by atoms with Crippen LogP contribution in [0.1, 0.15) is 310 Å². The highest BCUT2D eigenvalue weighted by molar-refractivity contribution is 7.99. The van der Waals surface area contributed by atoms with Gasteiger partial charge in [0.15, 0.2) is 0 Å². The van der Waals surface area contributed by atoms with Gasteiger partial charge >= 0.3 is 11.9 Å². The van der Waals surface area contributed by atoms with Gasteiger partial charge in [0.05, 0.1) is 13.2 Å². The van der Waals surface area contributed by atoms with Crippen LogP contribution >= 0.6 is 23.5 Å². The number of thioether (sulfide) groups is 2. The first-order chi connectivity index (χ1) is 30.6. The third kappa shape index (κ3) is 61.7. The fraction of sp³-hybridized carbons (Fsp3) is 0.964. The molecule has 4 nitrogen and oxygen atoms in total. The van der Waals surface area contributed by atoms with Gasteiger partial charge in [0.1, 0.15) is 0 Å². The Hall–Kier alpha value is -0.360. The summed E-state index contributed by atoms with van der Waals surface area (Å²) in [6, 6.07) is 0. The minimum Gasteiger partial charge on any atom is -0.466 e. The molecular weight excluding hydrogens is 801 g/mol. The standard InChI is InChI=1S/C32H62O4S.C24H50S/c1-3-5-7-9-11-13-15-21-27-35-31(33)25-19-17-23-29-37-30-24-18-20-26-32(34)36-28-22-16-14-12-10-8-6-4-2;1-3-5-7-9-11-13-15-17-19-21-23-25-24-22-20-18-16-14-12-10-8-6-4-2/h3-30H2,1-2H3;3-24H2,1-2H3. The maximum atomic E-state index is 11.8. The molecular formula is C56H112O4S2. The number of ether oxygens (including phenoxy) is 2. The summed E-state index contributed by atoms with van der Waals surface area (Å²) in [7, 11) is 0. The van der Waals surface area contributed by atoms with Crippen molar-refractivity contribution in [3.63, 3.8) is 0 Å². The minimum atomic E-state index is -0.0214. The quantitative estimate of drug-likeness (QED) is 0.0448. The predicted octanol–water partition coefficient (Wildman–Crippen LogP) is 19.8. The monoisotopic (exact) mass is 913 g/mol. The van der Waals surface area contributed by atoms with Crippen molar-refractivity contribution >= 4 is 35.5 Å². The molecule has 0 saturated carbocycles. The summed E-state index contributed by atoms with van der Waals surface area (Å²) in [6.07, 6.45) is 57.1. The maximum absolute atomic E-state index is 11.8. The molecule has 0 aromatic rings. The lowest BCUT2D eigenvalue weighted by Crippen LogP contribution is -2.05. The van der Waals surface area contributed by atoms with E-state index in [9.17, 15) is 9.59 Å². The SMILES string of the molecule is CCCCCCCCCCCCSCCCCCCCCCCCC.CCCCCCCCCCOC(=O)CCCCCSCCCCCC(=O)OCCCCCCCCCC. The number of unbranched alkanes of at least 4 members (excludes halogenated alkanes) is 36. The summed E-state index contributed by atoms with van der Waals surface area (Å²) in [5.74, 6) is 5.10. The zero-order valence-electron chi connectivity index (χ0n) is 42.8. The van der Waals surface area contributed by atoms with Gasteiger partial charge in [0.25, 0.3) is 0 Å². The molecule has 0 radical (unpaired) electrons. The molecule has 0 aliphatic heterocycles. The highest BCUT2D eigenvalue weighted by Crippen LogP contribution is 2.17. The first kappa shape index (κ1) is 63.7. The van der Waals surface area contributed by atoms with Crippen molar-refractivity contribution in [2.75, 3.05) is 36.2 Å². The summed E-state index contributed by atoms with van der Waals surface area (Å²) in [5, 5.41) is 0. The molecule has 0 aliphatic rings. The number of carbonyl (C=O) groups is 2. The van der Waals surface area contributed by atoms with Crippen molar-refractivity contribution < 1.29 is 19.1 Å². The van der Waals surface area contributed by atoms with Crippen LogP contribution in [0.2, 0.25) is 0 Å². The fourth-order valence-electron chi connectivity index (χ4n) is 7.88. The van der Waals surface area contributed by atoms with E-state index in [1.807, 2.05) is 11.8 Å². The van der Waals surface area contributed by atoms with Gasteiger partial charge in [-0.3, -0.25) is 9.59 Å². The Morgan fingerprint density at radius 2 is 0.452 bits per heavy atom. The smallest absolute Gasteiger partial charge is 0.305 e. The molecule has 0 N–H and O–H groups in total. The van der Waals surface area contributed by atoms with Crippen LogP contribution in [0.3, 0.4) is 0 Å². The number of esters is 2. The van der Waals surface area contributed by atoms with Crippen LogP contribution in [0.5, 0.6) is 0 Å². The summed E-state index contributed by atoms with van der Waals surface area (Å²) in [4.78, 5) is 23.6. The second kappa shape index (κ2) is 60.6. The number of carbonyl (C=O) groups excluding carboxylic acids is 2. The highest BCUT2D eigenvalue weighted by atomic mass is 32.2. The van der Waals surface area contributed by atoms with Crippen molar-refractivity contribution in [3.8, 4) is 0 Å². The third-order valence-corrected chi connectivity index (χ3v) is 14.5. The lowest BCUT2D eigenvalue weighted by atomic mass is 10.1. The van der Waals surface area contributed by atoms with E-state index in [0.29, 0.717) is 26.1 Å². The number of hydrogen-bond donors (Lipinski definition) is 0. The molecule has 0 unspecified atom stereocenters. The van der Waals surface area contributed by atoms with E-state index < -0.39 is 0 Å². The van der Waals surface area contributed by atoms with Gasteiger partial charge in [-0.25, -0.2) is 0 Å². The Kier molecular flexibility index (Phi) is 62.3. The highest BCUT2D eigenvalue weighted by Gasteiger charge is 2.05. The van der Waals surface area contributed by atoms with E-state index in [0.717, 1.165) is 50.0 Å². The van der Waals surface area contributed by atoms with E-state index in [1.54, 1.807) is 0 Å². The van der Waals surface area contributed by atoms with Crippen molar-refractivity contribution in [1.82, 2.24) is 0 Å². The van der Waals surface area contributed by atoms with Gasteiger partial charge < -0.3 is 9.47 Å². The molecule has 0 atom stereocenters. The summed E-state index contributed by atoms with van der Waals surface area (Å²) in [5.41, 5.74) is 0. The Morgan fingerprint density at radius 1 is 0.258 bits per heavy atom. The lowest BCUT2D eigenvalue weighted by Gasteiger charge is -2.06. The van der Waals surface area contributed by atoms with Crippen LogP contribution in [0.25, 0.3) is 0 Å². The molecule has 6 heteroatoms. The first-order valence-corrected chi connectivity index (χ1v) is 30.4. The van der Waals surface area contributed by atoms with Gasteiger partial charge in [-0.1, -0.05) is 246 Å². The van der Waals surface area contributed by atoms with Gasteiger partial charge in [0, 0.05) is 12.8 Å². The minimum absolute atomic E-state index is 0.0214. The second-order valence-corrected chi connectivity index (χ2v) is 21.1. The van der Waals surface area contributed by atoms with E-state index >= 15 is 0 Å². The lowest BCUT2D eigenvalue weighted by molar-refractivity contribution is -0.144. The van der Waals surface area contributed by atoms with Crippen LogP contribution in [0.15, 0.2) is 0 Å². The Bertz CT molecular complexity index is 760. The zero-order chi connectivity index (χ0) is 45.3. The Morgan fingerprint density at radius 3 is 0.694 bits per heavy atom. The summed E-state index contributed by atoms with van der Waals surface area (Å²) in [6.45, 7) is 10.3. The number of hydrogen-bond acceptors (Lipinski definition) is 6. The maximum Gasteiger partial charge on any atom is 0.305 e. The van der Waals surface area contributed by atoms with E-state index in [4.69, 9.17) is 9.47 Å². The molecule has 372 valence electrons. The summed E-state index contributed by atoms with van der Waals surface area (Å²) >= 11 is 4.20. The molecule has 0 saturated heterocycles. The molecule has 0 fully saturated rings. The van der Waals surface area contributed by atoms with E-state index in [1.165, 1.54) is 243 Å². The molecule has 0 heterocycles. The molecule has 0 spiro atoms. The van der Waals surface area contributed by atoms with Crippen LogP contribution < -0.4 is 0 Å². The average molecular weight is 914 g/mol. The van der Waals surface area contributed by atoms with Crippen molar-refractivity contribution in [2.45, 2.75) is 310 Å². The summed E-state index contributed by atoms with van der Waals surface area (Å²) < 4.78 is 10.7. The molecule has 0 aromatic heterocycles. The molecule has 62 heavy (non-hydrogen) atoms. The van der Waals surface area contributed by atoms with Crippen LogP contribution in [-0.4, -0.2) is 48.2 Å². The molecule has 0 bridgehead atoms. The normalized spacial score (nSPS) is 11.2. The zero-order valence-corrected chi connectivity index (χ0v) is 44.4. The van der Waals surface area contributed by atoms with Gasteiger partial charge in [-0.2, -0.15) is 23.5 Å². The molecule has 0 rings (SSSR count). The van der Waals surface area contributed by atoms with E-state index in [-0.39, 0.29) is 11.9 Å². The van der Waals surface area contributed by atoms with Crippen molar-refractivity contribution in [1.29, 1.82) is 0 Å². The second-order valence-electron chi connectivity index (χ2n) is 18.6. The van der Waals surface area contributed by atoms with Crippen LogP contribution in [0, 0.1) is 0 Å². The Balaban J connectivity index is 0. The van der Waals surface area contributed by atoms with Crippen molar-refractivity contribution in [2.24, 2.45) is 0 Å². The topological polar surface area (TPSA) is 52.6 Å². The molecule has 0 amide bonds. The first-order valence-electron chi connectivity index (χ1n) is 28.1. The Labute approximate surface area is 399 Å². The van der Waals surface area contributed by atoms with Crippen LogP contribution in [0.4, 0.5) is 0 Å². The predicted molar refractivity (Wildman–Crippen MR) is 282 cm³/mol. The largest absolute Gasteiger partial charge is 0.466 e. The van der Waals surface area contributed by atoms with Crippen molar-refractivity contribution in [3.05, 3.63) is 0 Å². The van der Waals surface area contributed by atoms with Gasteiger partial charge in [-0.15, -0.1) is 0 Å².